The van der Waals surface area contributed by atoms with Crippen LogP contribution in [0.15, 0.2) is 60.0 Å². The molecule has 1 amide bonds. The molecule has 0 aliphatic rings. The Kier molecular flexibility index (Phi) is 5.28. The molecule has 0 radical (unpaired) electrons. The van der Waals surface area contributed by atoms with Gasteiger partial charge in [-0.2, -0.15) is 5.10 Å². The number of nitrogens with zero attached hydrogens (tertiary/aromatic N) is 2. The summed E-state index contributed by atoms with van der Waals surface area (Å²) in [6.45, 7) is 2.58. The van der Waals surface area contributed by atoms with Crippen molar-refractivity contribution < 1.29 is 4.79 Å². The molecule has 0 unspecified atom stereocenters. The zero-order valence-electron chi connectivity index (χ0n) is 13.3. The van der Waals surface area contributed by atoms with E-state index in [0.29, 0.717) is 12.1 Å². The second-order valence-corrected chi connectivity index (χ2v) is 6.35. The van der Waals surface area contributed by atoms with E-state index >= 15 is 0 Å². The first-order valence-corrected chi connectivity index (χ1v) is 8.61. The SMILES string of the molecule is Cc1ccccc1CNC(=O)c1ccc(CSc2ncn[nH]2)cc1. The van der Waals surface area contributed by atoms with Crippen molar-refractivity contribution in [3.8, 4) is 0 Å². The van der Waals surface area contributed by atoms with Crippen LogP contribution in [0.3, 0.4) is 0 Å². The maximum atomic E-state index is 12.2. The molecule has 122 valence electrons. The average molecular weight is 338 g/mol. The molecule has 0 atom stereocenters. The zero-order valence-corrected chi connectivity index (χ0v) is 14.1. The van der Waals surface area contributed by atoms with Gasteiger partial charge in [-0.15, -0.1) is 0 Å². The van der Waals surface area contributed by atoms with E-state index in [2.05, 4.69) is 20.5 Å². The standard InChI is InChI=1S/C18H18N4OS/c1-13-4-2-3-5-16(13)10-19-17(23)15-8-6-14(7-9-15)11-24-18-20-12-21-22-18/h2-9,12H,10-11H2,1H3,(H,19,23)(H,20,21,22). The summed E-state index contributed by atoms with van der Waals surface area (Å²) in [7, 11) is 0. The minimum Gasteiger partial charge on any atom is -0.348 e. The Morgan fingerprint density at radius 3 is 2.67 bits per heavy atom. The normalized spacial score (nSPS) is 10.5. The summed E-state index contributed by atoms with van der Waals surface area (Å²) in [5.74, 6) is 0.716. The van der Waals surface area contributed by atoms with Crippen LogP contribution in [0.2, 0.25) is 0 Å². The van der Waals surface area contributed by atoms with Gasteiger partial charge in [-0.3, -0.25) is 9.89 Å². The summed E-state index contributed by atoms with van der Waals surface area (Å²) in [6, 6.07) is 15.7. The van der Waals surface area contributed by atoms with Gasteiger partial charge in [-0.05, 0) is 35.7 Å². The molecule has 1 heterocycles. The molecule has 0 fully saturated rings. The summed E-state index contributed by atoms with van der Waals surface area (Å²) in [4.78, 5) is 16.3. The van der Waals surface area contributed by atoms with Gasteiger partial charge in [0.15, 0.2) is 5.16 Å². The molecular weight excluding hydrogens is 320 g/mol. The minimum atomic E-state index is -0.0623. The topological polar surface area (TPSA) is 70.7 Å². The van der Waals surface area contributed by atoms with E-state index in [1.165, 1.54) is 11.9 Å². The van der Waals surface area contributed by atoms with Crippen LogP contribution in [0.25, 0.3) is 0 Å². The third-order valence-corrected chi connectivity index (χ3v) is 4.63. The fourth-order valence-corrected chi connectivity index (χ4v) is 2.99. The van der Waals surface area contributed by atoms with Gasteiger partial charge in [0.25, 0.3) is 5.91 Å². The predicted molar refractivity (Wildman–Crippen MR) is 94.7 cm³/mol. The number of benzene rings is 2. The molecule has 6 heteroatoms. The Morgan fingerprint density at radius 2 is 1.96 bits per heavy atom. The van der Waals surface area contributed by atoms with Gasteiger partial charge >= 0.3 is 0 Å². The third-order valence-electron chi connectivity index (χ3n) is 3.69. The smallest absolute Gasteiger partial charge is 0.251 e. The number of carbonyl (C=O) groups is 1. The van der Waals surface area contributed by atoms with Crippen LogP contribution in [-0.2, 0) is 12.3 Å². The molecule has 0 bridgehead atoms. The van der Waals surface area contributed by atoms with Gasteiger partial charge in [-0.25, -0.2) is 4.98 Å². The molecule has 0 aliphatic carbocycles. The Bertz CT molecular complexity index is 800. The lowest BCUT2D eigenvalue weighted by Crippen LogP contribution is -2.23. The molecule has 2 aromatic carbocycles. The molecule has 0 spiro atoms. The molecular formula is C18H18N4OS. The fraction of sp³-hybridized carbons (Fsp3) is 0.167. The quantitative estimate of drug-likeness (QED) is 0.676. The van der Waals surface area contributed by atoms with Crippen molar-refractivity contribution in [2.45, 2.75) is 24.4 Å². The van der Waals surface area contributed by atoms with Crippen molar-refractivity contribution in [2.24, 2.45) is 0 Å². The first-order chi connectivity index (χ1) is 11.7. The van der Waals surface area contributed by atoms with Crippen molar-refractivity contribution in [1.82, 2.24) is 20.5 Å². The summed E-state index contributed by atoms with van der Waals surface area (Å²) >= 11 is 1.57. The van der Waals surface area contributed by atoms with E-state index in [9.17, 15) is 4.79 Å². The maximum Gasteiger partial charge on any atom is 0.251 e. The van der Waals surface area contributed by atoms with Crippen molar-refractivity contribution in [3.63, 3.8) is 0 Å². The highest BCUT2D eigenvalue weighted by Crippen LogP contribution is 2.18. The van der Waals surface area contributed by atoms with E-state index in [-0.39, 0.29) is 5.91 Å². The number of hydrogen-bond acceptors (Lipinski definition) is 4. The lowest BCUT2D eigenvalue weighted by atomic mass is 10.1. The number of amides is 1. The number of H-pyrrole nitrogens is 1. The zero-order chi connectivity index (χ0) is 16.8. The van der Waals surface area contributed by atoms with Gasteiger partial charge < -0.3 is 5.32 Å². The molecule has 0 saturated carbocycles. The monoisotopic (exact) mass is 338 g/mol. The number of aryl methyl sites for hydroxylation is 1. The number of carbonyl (C=O) groups excluding carboxylic acids is 1. The first-order valence-electron chi connectivity index (χ1n) is 7.62. The first kappa shape index (κ1) is 16.3. The van der Waals surface area contributed by atoms with E-state index in [0.717, 1.165) is 22.0 Å². The summed E-state index contributed by atoms with van der Waals surface area (Å²) in [5.41, 5.74) is 4.10. The minimum absolute atomic E-state index is 0.0623. The summed E-state index contributed by atoms with van der Waals surface area (Å²) in [5, 5.41) is 10.4. The van der Waals surface area contributed by atoms with Crippen LogP contribution in [0, 0.1) is 6.92 Å². The van der Waals surface area contributed by atoms with Crippen LogP contribution in [0.1, 0.15) is 27.0 Å². The molecule has 24 heavy (non-hydrogen) atoms. The van der Waals surface area contributed by atoms with Crippen LogP contribution in [0.4, 0.5) is 0 Å². The van der Waals surface area contributed by atoms with Crippen molar-refractivity contribution in [1.29, 1.82) is 0 Å². The van der Waals surface area contributed by atoms with Gasteiger partial charge in [-0.1, -0.05) is 48.2 Å². The summed E-state index contributed by atoms with van der Waals surface area (Å²) in [6.07, 6.45) is 1.49. The number of aromatic amines is 1. The van der Waals surface area contributed by atoms with E-state index in [1.807, 2.05) is 55.5 Å². The van der Waals surface area contributed by atoms with Crippen LogP contribution in [-0.4, -0.2) is 21.1 Å². The van der Waals surface area contributed by atoms with E-state index < -0.39 is 0 Å². The second-order valence-electron chi connectivity index (χ2n) is 5.39. The summed E-state index contributed by atoms with van der Waals surface area (Å²) < 4.78 is 0. The lowest BCUT2D eigenvalue weighted by molar-refractivity contribution is 0.0951. The largest absolute Gasteiger partial charge is 0.348 e. The Labute approximate surface area is 144 Å². The van der Waals surface area contributed by atoms with Crippen LogP contribution in [0.5, 0.6) is 0 Å². The number of rotatable bonds is 6. The van der Waals surface area contributed by atoms with Crippen molar-refractivity contribution in [2.75, 3.05) is 0 Å². The Hall–Kier alpha value is -2.60. The number of aromatic nitrogens is 3. The van der Waals surface area contributed by atoms with Gasteiger partial charge in [0.2, 0.25) is 0 Å². The number of nitrogens with one attached hydrogen (secondary N) is 2. The lowest BCUT2D eigenvalue weighted by Gasteiger charge is -2.08. The third kappa shape index (κ3) is 4.23. The highest BCUT2D eigenvalue weighted by molar-refractivity contribution is 7.98. The predicted octanol–water partition coefficient (Wildman–Crippen LogP) is 3.34. The molecule has 3 aromatic rings. The molecule has 0 saturated heterocycles. The maximum absolute atomic E-state index is 12.2. The van der Waals surface area contributed by atoms with Crippen LogP contribution < -0.4 is 5.32 Å². The van der Waals surface area contributed by atoms with Gasteiger partial charge in [0.1, 0.15) is 6.33 Å². The van der Waals surface area contributed by atoms with Crippen molar-refractivity contribution in [3.05, 3.63) is 77.1 Å². The van der Waals surface area contributed by atoms with Gasteiger partial charge in [0.05, 0.1) is 0 Å². The Balaban J connectivity index is 1.54. The molecule has 1 aromatic heterocycles. The van der Waals surface area contributed by atoms with Crippen molar-refractivity contribution >= 4 is 17.7 Å². The molecule has 2 N–H and O–H groups in total. The Morgan fingerprint density at radius 1 is 1.17 bits per heavy atom. The molecule has 0 aliphatic heterocycles. The van der Waals surface area contributed by atoms with Crippen LogP contribution >= 0.6 is 11.8 Å². The highest BCUT2D eigenvalue weighted by Gasteiger charge is 2.06. The van der Waals surface area contributed by atoms with E-state index in [4.69, 9.17) is 0 Å². The fourth-order valence-electron chi connectivity index (χ4n) is 2.25. The number of hydrogen-bond donors (Lipinski definition) is 2. The van der Waals surface area contributed by atoms with Gasteiger partial charge in [0, 0.05) is 17.9 Å². The molecule has 3 rings (SSSR count). The van der Waals surface area contributed by atoms with E-state index in [1.54, 1.807) is 11.8 Å². The molecule has 5 nitrogen and oxygen atoms in total. The average Bonchev–Trinajstić information content (AvgIpc) is 3.13. The highest BCUT2D eigenvalue weighted by atomic mass is 32.2. The second kappa shape index (κ2) is 7.79. The number of thioether (sulfide) groups is 1.